The first-order valence-corrected chi connectivity index (χ1v) is 5.40. The number of nitrogens with one attached hydrogen (secondary N) is 1. The Kier molecular flexibility index (Phi) is 3.55. The van der Waals surface area contributed by atoms with Crippen LogP contribution in [0.3, 0.4) is 0 Å². The average Bonchev–Trinajstić information content (AvgIpc) is 2.82. The van der Waals surface area contributed by atoms with Crippen molar-refractivity contribution in [3.05, 3.63) is 60.2 Å². The molecule has 0 atom stereocenters. The molecule has 0 spiro atoms. The van der Waals surface area contributed by atoms with Crippen LogP contribution in [0.4, 0.5) is 4.39 Å². The predicted molar refractivity (Wildman–Crippen MR) is 63.2 cm³/mol. The second kappa shape index (κ2) is 5.30. The summed E-state index contributed by atoms with van der Waals surface area (Å²) in [5, 5.41) is 2.74. The Balaban J connectivity index is 1.85. The Bertz CT molecular complexity index is 494. The monoisotopic (exact) mass is 232 g/mol. The van der Waals surface area contributed by atoms with Crippen molar-refractivity contribution < 1.29 is 9.18 Å². The summed E-state index contributed by atoms with van der Waals surface area (Å²) in [6, 6.07) is 9.51. The van der Waals surface area contributed by atoms with Crippen LogP contribution in [-0.2, 0) is 6.54 Å². The van der Waals surface area contributed by atoms with Crippen molar-refractivity contribution in [2.45, 2.75) is 6.54 Å². The second-order valence-electron chi connectivity index (χ2n) is 3.69. The van der Waals surface area contributed by atoms with Crippen molar-refractivity contribution in [3.63, 3.8) is 0 Å². The van der Waals surface area contributed by atoms with Gasteiger partial charge in [0, 0.05) is 31.0 Å². The largest absolute Gasteiger partial charge is 0.353 e. The van der Waals surface area contributed by atoms with E-state index in [0.29, 0.717) is 18.7 Å². The zero-order chi connectivity index (χ0) is 12.1. The summed E-state index contributed by atoms with van der Waals surface area (Å²) in [5.41, 5.74) is 0.345. The first kappa shape index (κ1) is 11.4. The van der Waals surface area contributed by atoms with E-state index in [2.05, 4.69) is 5.32 Å². The molecule has 4 heteroatoms. The second-order valence-corrected chi connectivity index (χ2v) is 3.69. The highest BCUT2D eigenvalue weighted by Crippen LogP contribution is 2.02. The number of carbonyl (C=O) groups is 1. The molecule has 0 unspecified atom stereocenters. The Morgan fingerprint density at radius 2 is 2.00 bits per heavy atom. The lowest BCUT2D eigenvalue weighted by molar-refractivity contribution is 0.0952. The van der Waals surface area contributed by atoms with Crippen LogP contribution in [-0.4, -0.2) is 17.0 Å². The van der Waals surface area contributed by atoms with Crippen LogP contribution in [0, 0.1) is 5.82 Å². The molecule has 2 rings (SSSR count). The van der Waals surface area contributed by atoms with Gasteiger partial charge in [-0.1, -0.05) is 6.07 Å². The smallest absolute Gasteiger partial charge is 0.251 e. The van der Waals surface area contributed by atoms with E-state index in [4.69, 9.17) is 0 Å². The standard InChI is InChI=1S/C13H13FN2O/c14-12-5-3-4-11(10-12)13(17)15-6-9-16-7-1-2-8-16/h1-5,7-8,10H,6,9H2,(H,15,17). The van der Waals surface area contributed by atoms with Crippen LogP contribution < -0.4 is 5.32 Å². The number of amides is 1. The van der Waals surface area contributed by atoms with Crippen LogP contribution in [0.5, 0.6) is 0 Å². The molecule has 1 N–H and O–H groups in total. The van der Waals surface area contributed by atoms with Gasteiger partial charge in [0.25, 0.3) is 5.91 Å². The molecule has 0 saturated heterocycles. The summed E-state index contributed by atoms with van der Waals surface area (Å²) in [5.74, 6) is -0.653. The molecule has 0 aliphatic carbocycles. The highest BCUT2D eigenvalue weighted by Gasteiger charge is 2.04. The number of nitrogens with zero attached hydrogens (tertiary/aromatic N) is 1. The lowest BCUT2D eigenvalue weighted by Crippen LogP contribution is -2.26. The van der Waals surface area contributed by atoms with Gasteiger partial charge in [0.2, 0.25) is 0 Å². The van der Waals surface area contributed by atoms with Crippen molar-refractivity contribution in [2.75, 3.05) is 6.54 Å². The Labute approximate surface area is 98.9 Å². The fourth-order valence-corrected chi connectivity index (χ4v) is 1.55. The molecule has 2 aromatic rings. The summed E-state index contributed by atoms with van der Waals surface area (Å²) in [7, 11) is 0. The summed E-state index contributed by atoms with van der Waals surface area (Å²) in [6.07, 6.45) is 3.85. The number of aromatic nitrogens is 1. The van der Waals surface area contributed by atoms with Gasteiger partial charge in [0.05, 0.1) is 0 Å². The van der Waals surface area contributed by atoms with Gasteiger partial charge in [-0.15, -0.1) is 0 Å². The van der Waals surface area contributed by atoms with E-state index in [9.17, 15) is 9.18 Å². The number of halogens is 1. The minimum atomic E-state index is -0.400. The first-order chi connectivity index (χ1) is 8.25. The van der Waals surface area contributed by atoms with Gasteiger partial charge >= 0.3 is 0 Å². The molecular weight excluding hydrogens is 219 g/mol. The molecule has 17 heavy (non-hydrogen) atoms. The number of rotatable bonds is 4. The van der Waals surface area contributed by atoms with E-state index >= 15 is 0 Å². The molecule has 0 radical (unpaired) electrons. The molecule has 1 amide bonds. The maximum atomic E-state index is 12.9. The molecule has 0 aliphatic heterocycles. The van der Waals surface area contributed by atoms with Crippen LogP contribution in [0.15, 0.2) is 48.8 Å². The Morgan fingerprint density at radius 1 is 1.24 bits per heavy atom. The first-order valence-electron chi connectivity index (χ1n) is 5.40. The zero-order valence-corrected chi connectivity index (χ0v) is 9.27. The maximum absolute atomic E-state index is 12.9. The van der Waals surface area contributed by atoms with Crippen LogP contribution in [0.25, 0.3) is 0 Å². The van der Waals surface area contributed by atoms with Gasteiger partial charge in [-0.3, -0.25) is 4.79 Å². The summed E-state index contributed by atoms with van der Waals surface area (Å²) in [6.45, 7) is 1.22. The fourth-order valence-electron chi connectivity index (χ4n) is 1.55. The van der Waals surface area contributed by atoms with Gasteiger partial charge in [0.1, 0.15) is 5.82 Å². The van der Waals surface area contributed by atoms with Crippen molar-refractivity contribution >= 4 is 5.91 Å². The summed E-state index contributed by atoms with van der Waals surface area (Å²) >= 11 is 0. The molecule has 3 nitrogen and oxygen atoms in total. The van der Waals surface area contributed by atoms with Gasteiger partial charge < -0.3 is 9.88 Å². The number of hydrogen-bond acceptors (Lipinski definition) is 1. The van der Waals surface area contributed by atoms with E-state index in [1.54, 1.807) is 6.07 Å². The van der Waals surface area contributed by atoms with Gasteiger partial charge in [-0.05, 0) is 30.3 Å². The SMILES string of the molecule is O=C(NCCn1cccc1)c1cccc(F)c1. The number of hydrogen-bond donors (Lipinski definition) is 1. The topological polar surface area (TPSA) is 34.0 Å². The minimum absolute atomic E-state index is 0.253. The van der Waals surface area contributed by atoms with Crippen molar-refractivity contribution in [3.8, 4) is 0 Å². The Hall–Kier alpha value is -2.10. The van der Waals surface area contributed by atoms with Gasteiger partial charge in [0.15, 0.2) is 0 Å². The lowest BCUT2D eigenvalue weighted by atomic mass is 10.2. The fraction of sp³-hybridized carbons (Fsp3) is 0.154. The maximum Gasteiger partial charge on any atom is 0.251 e. The molecule has 0 bridgehead atoms. The zero-order valence-electron chi connectivity index (χ0n) is 9.27. The Morgan fingerprint density at radius 3 is 2.71 bits per heavy atom. The molecule has 0 saturated carbocycles. The highest BCUT2D eigenvalue weighted by molar-refractivity contribution is 5.94. The third-order valence-electron chi connectivity index (χ3n) is 2.41. The van der Waals surface area contributed by atoms with Crippen molar-refractivity contribution in [2.24, 2.45) is 0 Å². The highest BCUT2D eigenvalue weighted by atomic mass is 19.1. The third kappa shape index (κ3) is 3.17. The van der Waals surface area contributed by atoms with Crippen molar-refractivity contribution in [1.29, 1.82) is 0 Å². The molecule has 1 aromatic carbocycles. The number of carbonyl (C=O) groups excluding carboxylic acids is 1. The molecule has 0 fully saturated rings. The van der Waals surface area contributed by atoms with Crippen LogP contribution in [0.1, 0.15) is 10.4 Å². The van der Waals surface area contributed by atoms with Crippen molar-refractivity contribution in [1.82, 2.24) is 9.88 Å². The minimum Gasteiger partial charge on any atom is -0.353 e. The van der Waals surface area contributed by atoms with E-state index in [0.717, 1.165) is 0 Å². The molecule has 88 valence electrons. The third-order valence-corrected chi connectivity index (χ3v) is 2.41. The van der Waals surface area contributed by atoms with Crippen LogP contribution in [0.2, 0.25) is 0 Å². The quantitative estimate of drug-likeness (QED) is 0.860. The summed E-state index contributed by atoms with van der Waals surface area (Å²) in [4.78, 5) is 11.6. The molecule has 1 heterocycles. The molecule has 0 aliphatic rings. The normalized spacial score (nSPS) is 10.2. The van der Waals surface area contributed by atoms with E-state index in [1.807, 2.05) is 29.1 Å². The van der Waals surface area contributed by atoms with E-state index < -0.39 is 5.82 Å². The van der Waals surface area contributed by atoms with Crippen LogP contribution >= 0.6 is 0 Å². The van der Waals surface area contributed by atoms with E-state index in [-0.39, 0.29) is 5.91 Å². The van der Waals surface area contributed by atoms with E-state index in [1.165, 1.54) is 18.2 Å². The summed E-state index contributed by atoms with van der Waals surface area (Å²) < 4.78 is 14.9. The lowest BCUT2D eigenvalue weighted by Gasteiger charge is -2.06. The number of benzene rings is 1. The van der Waals surface area contributed by atoms with Gasteiger partial charge in [-0.25, -0.2) is 4.39 Å². The molecule has 1 aromatic heterocycles. The average molecular weight is 232 g/mol. The molecular formula is C13H13FN2O. The predicted octanol–water partition coefficient (Wildman–Crippen LogP) is 2.06. The van der Waals surface area contributed by atoms with Gasteiger partial charge in [-0.2, -0.15) is 0 Å².